The number of hydrogen-bond donors (Lipinski definition) is 3. The van der Waals surface area contributed by atoms with Gasteiger partial charge in [-0.15, -0.1) is 11.3 Å². The van der Waals surface area contributed by atoms with E-state index in [1.165, 1.54) is 11.3 Å². The Morgan fingerprint density at radius 2 is 2.37 bits per heavy atom. The Hall–Kier alpha value is -1.60. The quantitative estimate of drug-likeness (QED) is 0.766. The largest absolute Gasteiger partial charge is 0.479 e. The third kappa shape index (κ3) is 3.24. The minimum absolute atomic E-state index is 0.0526. The molecular weight excluding hydrogens is 268 g/mol. The van der Waals surface area contributed by atoms with E-state index in [2.05, 4.69) is 5.32 Å². The second kappa shape index (κ2) is 6.03. The summed E-state index contributed by atoms with van der Waals surface area (Å²) in [6.45, 7) is 1.07. The normalized spacial score (nSPS) is 20.3. The minimum atomic E-state index is -1.08. The Morgan fingerprint density at radius 1 is 1.58 bits per heavy atom. The molecule has 6 nitrogen and oxygen atoms in total. The van der Waals surface area contributed by atoms with E-state index in [1.807, 2.05) is 0 Å². The van der Waals surface area contributed by atoms with E-state index in [0.717, 1.165) is 6.42 Å². The topological polar surface area (TPSA) is 89.9 Å². The van der Waals surface area contributed by atoms with Gasteiger partial charge in [0.05, 0.1) is 0 Å². The molecule has 0 aliphatic carbocycles. The molecule has 104 valence electrons. The van der Waals surface area contributed by atoms with E-state index in [-0.39, 0.29) is 12.5 Å². The molecule has 19 heavy (non-hydrogen) atoms. The maximum Gasteiger partial charge on any atom is 0.331 e. The number of aliphatic hydroxyl groups excluding tert-OH is 1. The van der Waals surface area contributed by atoms with Crippen LogP contribution in [0.1, 0.15) is 17.3 Å². The third-order valence-electron chi connectivity index (χ3n) is 3.17. The molecule has 2 atom stereocenters. The van der Waals surface area contributed by atoms with E-state index in [1.54, 1.807) is 22.4 Å². The summed E-state index contributed by atoms with van der Waals surface area (Å²) < 4.78 is 0. The van der Waals surface area contributed by atoms with Crippen molar-refractivity contribution in [2.45, 2.75) is 12.5 Å². The summed E-state index contributed by atoms with van der Waals surface area (Å²) in [6, 6.07) is 2.03. The van der Waals surface area contributed by atoms with Gasteiger partial charge in [0, 0.05) is 30.5 Å². The molecule has 1 aromatic rings. The molecule has 0 bridgehead atoms. The van der Waals surface area contributed by atoms with Crippen LogP contribution in [0.2, 0.25) is 0 Å². The Morgan fingerprint density at radius 3 is 2.89 bits per heavy atom. The van der Waals surface area contributed by atoms with Gasteiger partial charge in [0.1, 0.15) is 0 Å². The molecule has 2 amide bonds. The zero-order valence-electron chi connectivity index (χ0n) is 10.3. The number of carboxylic acids is 1. The molecule has 1 aliphatic heterocycles. The van der Waals surface area contributed by atoms with E-state index in [4.69, 9.17) is 10.2 Å². The van der Waals surface area contributed by atoms with Crippen LogP contribution < -0.4 is 5.32 Å². The van der Waals surface area contributed by atoms with Gasteiger partial charge in [0.25, 0.3) is 0 Å². The number of hydrogen-bond acceptors (Lipinski definition) is 4. The molecule has 0 saturated carbocycles. The first-order valence-electron chi connectivity index (χ1n) is 6.04. The van der Waals surface area contributed by atoms with E-state index >= 15 is 0 Å². The number of aliphatic hydroxyl groups is 1. The average molecular weight is 284 g/mol. The fourth-order valence-corrected chi connectivity index (χ4v) is 2.86. The van der Waals surface area contributed by atoms with Crippen LogP contribution in [0.15, 0.2) is 17.5 Å². The summed E-state index contributed by atoms with van der Waals surface area (Å²) in [5.74, 6) is -0.982. The predicted molar refractivity (Wildman–Crippen MR) is 70.0 cm³/mol. The Kier molecular flexibility index (Phi) is 4.39. The van der Waals surface area contributed by atoms with Crippen LogP contribution in [0.5, 0.6) is 0 Å². The highest BCUT2D eigenvalue weighted by atomic mass is 32.1. The zero-order chi connectivity index (χ0) is 13.8. The molecule has 1 aromatic heterocycles. The number of thiophene rings is 1. The predicted octanol–water partition coefficient (Wildman–Crippen LogP) is 0.898. The van der Waals surface area contributed by atoms with Crippen molar-refractivity contribution in [2.75, 3.05) is 19.7 Å². The van der Waals surface area contributed by atoms with Crippen LogP contribution in [-0.4, -0.2) is 46.8 Å². The Labute approximate surface area is 114 Å². The van der Waals surface area contributed by atoms with Crippen molar-refractivity contribution < 1.29 is 19.8 Å². The minimum Gasteiger partial charge on any atom is -0.479 e. The van der Waals surface area contributed by atoms with Gasteiger partial charge in [-0.2, -0.15) is 0 Å². The summed E-state index contributed by atoms with van der Waals surface area (Å²) in [5, 5.41) is 22.5. The van der Waals surface area contributed by atoms with E-state index in [0.29, 0.717) is 18.0 Å². The molecule has 1 aliphatic rings. The van der Waals surface area contributed by atoms with E-state index < -0.39 is 18.0 Å². The van der Waals surface area contributed by atoms with Crippen LogP contribution in [0.3, 0.4) is 0 Å². The lowest BCUT2D eigenvalue weighted by atomic mass is 10.1. The maximum absolute atomic E-state index is 12.0. The lowest BCUT2D eigenvalue weighted by Gasteiger charge is -2.20. The Balaban J connectivity index is 1.98. The van der Waals surface area contributed by atoms with Crippen LogP contribution in [0.25, 0.3) is 0 Å². The number of carbonyl (C=O) groups excluding carboxylic acids is 1. The summed E-state index contributed by atoms with van der Waals surface area (Å²) in [6.07, 6.45) is 0.751. The second-order valence-electron chi connectivity index (χ2n) is 4.52. The molecule has 2 rings (SSSR count). The summed E-state index contributed by atoms with van der Waals surface area (Å²) in [5.41, 5.74) is 0. The summed E-state index contributed by atoms with van der Waals surface area (Å²) in [7, 11) is 0. The van der Waals surface area contributed by atoms with E-state index in [9.17, 15) is 9.59 Å². The monoisotopic (exact) mass is 284 g/mol. The number of carboxylic acid groups (broad SMARTS) is 1. The van der Waals surface area contributed by atoms with Gasteiger partial charge < -0.3 is 20.4 Å². The van der Waals surface area contributed by atoms with Crippen molar-refractivity contribution in [2.24, 2.45) is 5.92 Å². The van der Waals surface area contributed by atoms with Crippen molar-refractivity contribution >= 4 is 23.3 Å². The number of urea groups is 1. The number of nitrogens with zero attached hydrogens (tertiary/aromatic N) is 1. The molecule has 3 N–H and O–H groups in total. The van der Waals surface area contributed by atoms with Crippen molar-refractivity contribution in [3.63, 3.8) is 0 Å². The number of nitrogens with one attached hydrogen (secondary N) is 1. The van der Waals surface area contributed by atoms with Gasteiger partial charge in [-0.05, 0) is 17.9 Å². The first kappa shape index (κ1) is 13.8. The van der Waals surface area contributed by atoms with Gasteiger partial charge in [0.2, 0.25) is 0 Å². The van der Waals surface area contributed by atoms with Crippen LogP contribution in [0.4, 0.5) is 4.79 Å². The molecule has 0 aromatic carbocycles. The standard InChI is InChI=1S/C12H16N2O4S/c15-7-8-3-4-14(6-8)12(18)13-10(11(16)17)9-2-1-5-19-9/h1-2,5,8,10,15H,3-4,6-7H2,(H,13,18)(H,16,17). The van der Waals surface area contributed by atoms with Crippen molar-refractivity contribution in [3.05, 3.63) is 22.4 Å². The molecule has 1 fully saturated rings. The Bertz CT molecular complexity index is 449. The molecular formula is C12H16N2O4S. The number of rotatable bonds is 4. The van der Waals surface area contributed by atoms with Gasteiger partial charge in [-0.1, -0.05) is 6.07 Å². The van der Waals surface area contributed by atoms with Crippen molar-refractivity contribution in [1.29, 1.82) is 0 Å². The number of aliphatic carboxylic acids is 1. The van der Waals surface area contributed by atoms with Crippen LogP contribution in [-0.2, 0) is 4.79 Å². The number of likely N-dealkylation sites (tertiary alicyclic amines) is 1. The number of amides is 2. The average Bonchev–Trinajstić information content (AvgIpc) is 3.05. The van der Waals surface area contributed by atoms with Crippen molar-refractivity contribution in [1.82, 2.24) is 10.2 Å². The van der Waals surface area contributed by atoms with Gasteiger partial charge in [0.15, 0.2) is 6.04 Å². The molecule has 0 spiro atoms. The molecule has 7 heteroatoms. The highest BCUT2D eigenvalue weighted by Gasteiger charge is 2.29. The van der Waals surface area contributed by atoms with Crippen molar-refractivity contribution in [3.8, 4) is 0 Å². The SMILES string of the molecule is O=C(O)C(NC(=O)N1CCC(CO)C1)c1cccs1. The fourth-order valence-electron chi connectivity index (χ4n) is 2.09. The molecule has 1 saturated heterocycles. The zero-order valence-corrected chi connectivity index (χ0v) is 11.1. The summed E-state index contributed by atoms with van der Waals surface area (Å²) >= 11 is 1.29. The highest BCUT2D eigenvalue weighted by Crippen LogP contribution is 2.21. The lowest BCUT2D eigenvalue weighted by Crippen LogP contribution is -2.42. The second-order valence-corrected chi connectivity index (χ2v) is 5.50. The molecule has 2 heterocycles. The lowest BCUT2D eigenvalue weighted by molar-refractivity contribution is -0.139. The highest BCUT2D eigenvalue weighted by molar-refractivity contribution is 7.10. The molecule has 0 radical (unpaired) electrons. The smallest absolute Gasteiger partial charge is 0.331 e. The first-order valence-corrected chi connectivity index (χ1v) is 6.92. The third-order valence-corrected chi connectivity index (χ3v) is 4.11. The fraction of sp³-hybridized carbons (Fsp3) is 0.500. The van der Waals surface area contributed by atoms with Gasteiger partial charge in [-0.25, -0.2) is 9.59 Å². The first-order chi connectivity index (χ1) is 9.11. The molecule has 2 unspecified atom stereocenters. The van der Waals surface area contributed by atoms with Gasteiger partial charge >= 0.3 is 12.0 Å². The van der Waals surface area contributed by atoms with Gasteiger partial charge in [-0.3, -0.25) is 0 Å². The number of carbonyl (C=O) groups is 2. The summed E-state index contributed by atoms with van der Waals surface area (Å²) in [4.78, 5) is 25.3. The maximum atomic E-state index is 12.0. The van der Waals surface area contributed by atoms with Crippen LogP contribution in [0, 0.1) is 5.92 Å². The van der Waals surface area contributed by atoms with Crippen LogP contribution >= 0.6 is 11.3 Å².